The highest BCUT2D eigenvalue weighted by Crippen LogP contribution is 2.40. The van der Waals surface area contributed by atoms with Crippen molar-refractivity contribution in [3.63, 3.8) is 0 Å². The Morgan fingerprint density at radius 2 is 0.663 bits per heavy atom. The maximum absolute atomic E-state index is 5.72. The van der Waals surface area contributed by atoms with Crippen molar-refractivity contribution in [1.82, 2.24) is 32.6 Å². The zero-order valence-electron chi connectivity index (χ0n) is 46.6. The second-order valence-electron chi connectivity index (χ2n) is 22.5. The standard InChI is InChI=1S/C78H51N7Si/c1-4-25-54(26-5-1)82-71-44-20-21-45-72(71)85-73-47-46-65-64-38-14-15-39-66(64)81(77(65)76(73)80-78(82)85)55-27-23-33-59(51-55)86(56-28-6-2-7-29-56,57-30-8-3-9-31-57)58-32-22-24-52(48-58)53-49-74(83-67-40-16-10-34-60(67)61-35-11-17-41-68(61)83)79-75(50-53)84-69-42-18-12-36-62(69)63-37-13-19-43-70(63)84/h1-51H. The number of fused-ring (bicyclic) bond motifs is 15. The monoisotopic (exact) mass is 1110 g/mol. The summed E-state index contributed by atoms with van der Waals surface area (Å²) in [5.74, 6) is 2.58. The Balaban J connectivity index is 0.893. The molecule has 0 amide bonds. The van der Waals surface area contributed by atoms with Crippen LogP contribution in [0.1, 0.15) is 0 Å². The van der Waals surface area contributed by atoms with Gasteiger partial charge < -0.3 is 4.57 Å². The number of hydrogen-bond donors (Lipinski definition) is 0. The number of pyridine rings is 1. The maximum Gasteiger partial charge on any atom is 0.220 e. The van der Waals surface area contributed by atoms with Gasteiger partial charge in [0.2, 0.25) is 5.78 Å². The number of para-hydroxylation sites is 8. The van der Waals surface area contributed by atoms with E-state index in [-0.39, 0.29) is 0 Å². The lowest BCUT2D eigenvalue weighted by Gasteiger charge is -2.35. The van der Waals surface area contributed by atoms with Crippen molar-refractivity contribution in [1.29, 1.82) is 0 Å². The van der Waals surface area contributed by atoms with Gasteiger partial charge in [-0.05, 0) is 123 Å². The fourth-order valence-electron chi connectivity index (χ4n) is 14.4. The average Bonchev–Trinajstić information content (AvgIpc) is 1.84. The molecule has 86 heavy (non-hydrogen) atoms. The first-order valence-corrected chi connectivity index (χ1v) is 31.4. The van der Waals surface area contributed by atoms with Crippen molar-refractivity contribution in [2.45, 2.75) is 0 Å². The average molecular weight is 1110 g/mol. The normalized spacial score (nSPS) is 12.2. The molecule has 0 unspecified atom stereocenters. The summed E-state index contributed by atoms with van der Waals surface area (Å²) in [6, 6.07) is 114. The quantitative estimate of drug-likeness (QED) is 0.107. The molecule has 0 aliphatic heterocycles. The molecule has 8 heteroatoms. The highest BCUT2D eigenvalue weighted by molar-refractivity contribution is 7.20. The van der Waals surface area contributed by atoms with Crippen LogP contribution < -0.4 is 20.7 Å². The van der Waals surface area contributed by atoms with E-state index in [9.17, 15) is 0 Å². The second kappa shape index (κ2) is 18.9. The Hall–Kier alpha value is -11.3. The smallest absolute Gasteiger partial charge is 0.220 e. The number of imidazole rings is 2. The van der Waals surface area contributed by atoms with E-state index in [1.807, 2.05) is 0 Å². The largest absolute Gasteiger partial charge is 0.307 e. The molecule has 18 aromatic rings. The van der Waals surface area contributed by atoms with Gasteiger partial charge in [0.1, 0.15) is 17.2 Å². The maximum atomic E-state index is 5.72. The molecule has 0 atom stereocenters. The SMILES string of the molecule is c1ccc(-n2c3ccccc3n3c4ccc5c6ccccc6n(-c6cccc([Si](c7ccccc7)(c7ccccc7)c7cccc(-c8cc(-n9c%10ccccc%10c%10ccccc%109)nc(-n9c%10ccccc%10c%10ccccc%109)c8)c7)c6)c5c4nc23)cc1. The van der Waals surface area contributed by atoms with Gasteiger partial charge in [0.25, 0.3) is 0 Å². The van der Waals surface area contributed by atoms with Crippen molar-refractivity contribution in [3.05, 3.63) is 309 Å². The molecule has 0 radical (unpaired) electrons. The highest BCUT2D eigenvalue weighted by atomic mass is 28.3. The van der Waals surface area contributed by atoms with Gasteiger partial charge in [-0.1, -0.05) is 218 Å². The minimum atomic E-state index is -3.23. The van der Waals surface area contributed by atoms with E-state index in [1.54, 1.807) is 0 Å². The Kier molecular flexibility index (Phi) is 10.6. The molecule has 18 rings (SSSR count). The van der Waals surface area contributed by atoms with Gasteiger partial charge in [0.15, 0.2) is 8.07 Å². The van der Waals surface area contributed by atoms with Crippen molar-refractivity contribution < 1.29 is 0 Å². The molecular weight excluding hydrogens is 1060 g/mol. The molecular formula is C78H51N7Si. The van der Waals surface area contributed by atoms with Crippen molar-refractivity contribution >= 4 is 122 Å². The first-order chi connectivity index (χ1) is 42.7. The summed E-state index contributed by atoms with van der Waals surface area (Å²) in [5, 5.41) is 12.2. The van der Waals surface area contributed by atoms with Crippen LogP contribution in [0.5, 0.6) is 0 Å². The van der Waals surface area contributed by atoms with Crippen LogP contribution in [-0.2, 0) is 0 Å². The van der Waals surface area contributed by atoms with Crippen LogP contribution in [0.25, 0.3) is 127 Å². The van der Waals surface area contributed by atoms with Crippen LogP contribution in [-0.4, -0.2) is 40.7 Å². The van der Waals surface area contributed by atoms with Crippen molar-refractivity contribution in [2.24, 2.45) is 0 Å². The lowest BCUT2D eigenvalue weighted by Crippen LogP contribution is -2.74. The Morgan fingerprint density at radius 1 is 0.244 bits per heavy atom. The molecule has 0 aliphatic carbocycles. The predicted molar refractivity (Wildman–Crippen MR) is 359 cm³/mol. The van der Waals surface area contributed by atoms with E-state index in [1.165, 1.54) is 47.7 Å². The number of hydrogen-bond acceptors (Lipinski definition) is 2. The lowest BCUT2D eigenvalue weighted by molar-refractivity contribution is 1.01. The first-order valence-electron chi connectivity index (χ1n) is 29.4. The van der Waals surface area contributed by atoms with E-state index in [4.69, 9.17) is 9.97 Å². The Morgan fingerprint density at radius 3 is 1.21 bits per heavy atom. The highest BCUT2D eigenvalue weighted by Gasteiger charge is 2.42. The molecule has 0 spiro atoms. The van der Waals surface area contributed by atoms with Crippen LogP contribution in [0.2, 0.25) is 0 Å². The molecule has 0 aliphatic rings. The molecule has 0 fully saturated rings. The summed E-state index contributed by atoms with van der Waals surface area (Å²) >= 11 is 0. The summed E-state index contributed by atoms with van der Waals surface area (Å²) in [7, 11) is -3.23. The van der Waals surface area contributed by atoms with Crippen molar-refractivity contribution in [2.75, 3.05) is 0 Å². The Bertz CT molecular complexity index is 5450. The number of benzene rings is 12. The van der Waals surface area contributed by atoms with Crippen LogP contribution in [0, 0.1) is 0 Å². The van der Waals surface area contributed by atoms with E-state index in [2.05, 4.69) is 332 Å². The van der Waals surface area contributed by atoms with Gasteiger partial charge in [0, 0.05) is 43.7 Å². The molecule has 0 N–H and O–H groups in total. The summed E-state index contributed by atoms with van der Waals surface area (Å²) in [6.45, 7) is 0. The molecule has 0 saturated heterocycles. The van der Waals surface area contributed by atoms with Gasteiger partial charge >= 0.3 is 0 Å². The van der Waals surface area contributed by atoms with Gasteiger partial charge in [-0.15, -0.1) is 0 Å². The van der Waals surface area contributed by atoms with E-state index < -0.39 is 8.07 Å². The topological polar surface area (TPSA) is 49.9 Å². The van der Waals surface area contributed by atoms with E-state index >= 15 is 0 Å². The van der Waals surface area contributed by atoms with Crippen LogP contribution in [0.4, 0.5) is 0 Å². The number of nitrogens with zero attached hydrogens (tertiary/aromatic N) is 7. The van der Waals surface area contributed by atoms with E-state index in [0.717, 1.165) is 100 Å². The van der Waals surface area contributed by atoms with Crippen LogP contribution in [0.15, 0.2) is 309 Å². The minimum Gasteiger partial charge on any atom is -0.307 e. The zero-order chi connectivity index (χ0) is 56.5. The predicted octanol–water partition coefficient (Wildman–Crippen LogP) is 16.2. The summed E-state index contributed by atoms with van der Waals surface area (Å²) in [5.41, 5.74) is 15.2. The molecule has 0 bridgehead atoms. The molecule has 7 nitrogen and oxygen atoms in total. The van der Waals surface area contributed by atoms with Crippen LogP contribution in [0.3, 0.4) is 0 Å². The minimum absolute atomic E-state index is 0.852. The van der Waals surface area contributed by atoms with Gasteiger partial charge in [-0.2, -0.15) is 0 Å². The lowest BCUT2D eigenvalue weighted by atomic mass is 10.1. The van der Waals surface area contributed by atoms with Crippen molar-refractivity contribution in [3.8, 4) is 34.1 Å². The third kappa shape index (κ3) is 6.96. The summed E-state index contributed by atoms with van der Waals surface area (Å²) < 4.78 is 11.8. The number of rotatable bonds is 9. The molecule has 6 heterocycles. The third-order valence-electron chi connectivity index (χ3n) is 18.0. The second-order valence-corrected chi connectivity index (χ2v) is 26.3. The first kappa shape index (κ1) is 48.2. The summed E-state index contributed by atoms with van der Waals surface area (Å²) in [6.07, 6.45) is 0. The fourth-order valence-corrected chi connectivity index (χ4v) is 19.3. The van der Waals surface area contributed by atoms with Gasteiger partial charge in [0.05, 0.1) is 49.7 Å². The molecule has 12 aromatic carbocycles. The molecule has 6 aromatic heterocycles. The zero-order valence-corrected chi connectivity index (χ0v) is 47.6. The van der Waals surface area contributed by atoms with Gasteiger partial charge in [-0.25, -0.2) is 9.97 Å². The fraction of sp³-hybridized carbons (Fsp3) is 0. The van der Waals surface area contributed by atoms with Crippen LogP contribution >= 0.6 is 0 Å². The number of aromatic nitrogens is 7. The third-order valence-corrected chi connectivity index (χ3v) is 22.8. The van der Waals surface area contributed by atoms with E-state index in [0.29, 0.717) is 0 Å². The summed E-state index contributed by atoms with van der Waals surface area (Å²) in [4.78, 5) is 11.4. The Labute approximate surface area is 495 Å². The molecule has 0 saturated carbocycles. The molecule has 402 valence electrons. The van der Waals surface area contributed by atoms with Gasteiger partial charge in [-0.3, -0.25) is 18.1 Å².